The summed E-state index contributed by atoms with van der Waals surface area (Å²) in [4.78, 5) is 33.8. The molecular formula is C18H22F3N5O2. The van der Waals surface area contributed by atoms with Crippen molar-refractivity contribution in [2.75, 3.05) is 40.8 Å². The molecule has 152 valence electrons. The molecule has 7 nitrogen and oxygen atoms in total. The second kappa shape index (κ2) is 7.42. The summed E-state index contributed by atoms with van der Waals surface area (Å²) in [5.74, 6) is -1.92. The summed E-state index contributed by atoms with van der Waals surface area (Å²) in [6.45, 7) is 0.614. The Bertz CT molecular complexity index is 893. The number of para-hydroxylation sites is 2. The van der Waals surface area contributed by atoms with Gasteiger partial charge >= 0.3 is 6.18 Å². The molecule has 1 aromatic heterocycles. The topological polar surface area (TPSA) is 61.7 Å². The Balaban J connectivity index is 1.95. The number of hydrogen-bond acceptors (Lipinski definition) is 4. The van der Waals surface area contributed by atoms with Gasteiger partial charge in [-0.05, 0) is 19.2 Å². The standard InChI is InChI=1S/C18H22F3N5O2/c1-23(2)16(28)14-10-24(3)8-9-25(14)15(27)11-26-13-7-5-4-6-12(13)22-17(26)18(19,20)21/h4-7,14H,8-11H2,1-3H3. The largest absolute Gasteiger partial charge is 0.449 e. The normalized spacial score (nSPS) is 18.5. The number of amides is 2. The fourth-order valence-electron chi connectivity index (χ4n) is 3.41. The summed E-state index contributed by atoms with van der Waals surface area (Å²) in [6.07, 6.45) is -4.69. The maximum absolute atomic E-state index is 13.5. The number of alkyl halides is 3. The van der Waals surface area contributed by atoms with Gasteiger partial charge in [-0.2, -0.15) is 13.2 Å². The molecule has 3 rings (SSSR count). The van der Waals surface area contributed by atoms with Crippen LogP contribution in [0.4, 0.5) is 13.2 Å². The van der Waals surface area contributed by atoms with E-state index in [0.29, 0.717) is 13.1 Å². The van der Waals surface area contributed by atoms with Crippen molar-refractivity contribution in [3.63, 3.8) is 0 Å². The van der Waals surface area contributed by atoms with E-state index in [1.165, 1.54) is 21.9 Å². The molecule has 0 bridgehead atoms. The van der Waals surface area contributed by atoms with Crippen molar-refractivity contribution in [2.45, 2.75) is 18.8 Å². The smallest absolute Gasteiger partial charge is 0.347 e. The van der Waals surface area contributed by atoms with E-state index < -0.39 is 30.5 Å². The molecule has 1 aromatic carbocycles. The predicted molar refractivity (Wildman–Crippen MR) is 96.4 cm³/mol. The maximum atomic E-state index is 13.5. The van der Waals surface area contributed by atoms with E-state index >= 15 is 0 Å². The molecule has 0 N–H and O–H groups in total. The van der Waals surface area contributed by atoms with Crippen LogP contribution in [0, 0.1) is 0 Å². The predicted octanol–water partition coefficient (Wildman–Crippen LogP) is 1.29. The van der Waals surface area contributed by atoms with Gasteiger partial charge in [0.15, 0.2) is 0 Å². The molecule has 0 radical (unpaired) electrons. The summed E-state index contributed by atoms with van der Waals surface area (Å²) in [7, 11) is 5.01. The third-order valence-electron chi connectivity index (χ3n) is 4.83. The highest BCUT2D eigenvalue weighted by atomic mass is 19.4. The molecule has 10 heteroatoms. The summed E-state index contributed by atoms with van der Waals surface area (Å²) in [5.41, 5.74) is 0.398. The van der Waals surface area contributed by atoms with Crippen LogP contribution in [-0.2, 0) is 22.3 Å². The molecule has 2 aromatic rings. The minimum atomic E-state index is -4.69. The number of fused-ring (bicyclic) bond motifs is 1. The Labute approximate surface area is 160 Å². The number of benzene rings is 1. The van der Waals surface area contributed by atoms with Gasteiger partial charge in [-0.3, -0.25) is 9.59 Å². The van der Waals surface area contributed by atoms with E-state index in [1.54, 1.807) is 26.2 Å². The molecule has 0 aliphatic carbocycles. The van der Waals surface area contributed by atoms with Gasteiger partial charge in [0.1, 0.15) is 12.6 Å². The first-order valence-corrected chi connectivity index (χ1v) is 8.81. The van der Waals surface area contributed by atoms with Crippen molar-refractivity contribution >= 4 is 22.8 Å². The first-order valence-electron chi connectivity index (χ1n) is 8.81. The van der Waals surface area contributed by atoms with Gasteiger partial charge in [0.2, 0.25) is 17.6 Å². The Morgan fingerprint density at radius 3 is 2.54 bits per heavy atom. The van der Waals surface area contributed by atoms with Crippen molar-refractivity contribution in [1.82, 2.24) is 24.3 Å². The van der Waals surface area contributed by atoms with Crippen molar-refractivity contribution in [2.24, 2.45) is 0 Å². The quantitative estimate of drug-likeness (QED) is 0.783. The number of hydrogen-bond donors (Lipinski definition) is 0. The lowest BCUT2D eigenvalue weighted by atomic mass is 10.1. The summed E-state index contributed by atoms with van der Waals surface area (Å²) >= 11 is 0. The third-order valence-corrected chi connectivity index (χ3v) is 4.83. The fourth-order valence-corrected chi connectivity index (χ4v) is 3.41. The first-order chi connectivity index (χ1) is 13.1. The molecule has 1 aliphatic heterocycles. The van der Waals surface area contributed by atoms with Gasteiger partial charge in [-0.15, -0.1) is 0 Å². The zero-order valence-corrected chi connectivity index (χ0v) is 15.9. The minimum Gasteiger partial charge on any atom is -0.347 e. The van der Waals surface area contributed by atoms with E-state index in [9.17, 15) is 22.8 Å². The lowest BCUT2D eigenvalue weighted by Gasteiger charge is -2.40. The minimum absolute atomic E-state index is 0.168. The van der Waals surface area contributed by atoms with E-state index in [-0.39, 0.29) is 23.5 Å². The molecule has 1 unspecified atom stereocenters. The zero-order valence-electron chi connectivity index (χ0n) is 15.9. The average molecular weight is 397 g/mol. The summed E-state index contributed by atoms with van der Waals surface area (Å²) in [5, 5.41) is 0. The molecule has 0 spiro atoms. The molecular weight excluding hydrogens is 375 g/mol. The second-order valence-corrected chi connectivity index (χ2v) is 7.11. The lowest BCUT2D eigenvalue weighted by Crippen LogP contribution is -2.60. The number of nitrogens with zero attached hydrogens (tertiary/aromatic N) is 5. The molecule has 1 aliphatic rings. The van der Waals surface area contributed by atoms with Crippen molar-refractivity contribution in [3.8, 4) is 0 Å². The lowest BCUT2D eigenvalue weighted by molar-refractivity contribution is -0.151. The maximum Gasteiger partial charge on any atom is 0.449 e. The van der Waals surface area contributed by atoms with Gasteiger partial charge < -0.3 is 19.3 Å². The van der Waals surface area contributed by atoms with Crippen molar-refractivity contribution in [1.29, 1.82) is 0 Å². The van der Waals surface area contributed by atoms with Crippen LogP contribution in [0.15, 0.2) is 24.3 Å². The second-order valence-electron chi connectivity index (χ2n) is 7.11. The molecule has 1 atom stereocenters. The van der Waals surface area contributed by atoms with Crippen LogP contribution in [0.3, 0.4) is 0 Å². The number of aromatic nitrogens is 2. The van der Waals surface area contributed by atoms with Crippen LogP contribution < -0.4 is 0 Å². The first kappa shape index (κ1) is 20.1. The summed E-state index contributed by atoms with van der Waals surface area (Å²) in [6, 6.07) is 5.43. The highest BCUT2D eigenvalue weighted by Crippen LogP contribution is 2.31. The van der Waals surface area contributed by atoms with Gasteiger partial charge in [-0.25, -0.2) is 4.98 Å². The van der Waals surface area contributed by atoms with Gasteiger partial charge in [0.05, 0.1) is 11.0 Å². The van der Waals surface area contributed by atoms with E-state index in [4.69, 9.17) is 0 Å². The Morgan fingerprint density at radius 1 is 1.21 bits per heavy atom. The Hall–Kier alpha value is -2.62. The Kier molecular flexibility index (Phi) is 5.33. The molecule has 1 fully saturated rings. The van der Waals surface area contributed by atoms with E-state index in [0.717, 1.165) is 4.57 Å². The van der Waals surface area contributed by atoms with Gasteiger partial charge in [-0.1, -0.05) is 12.1 Å². The monoisotopic (exact) mass is 397 g/mol. The van der Waals surface area contributed by atoms with Gasteiger partial charge in [0.25, 0.3) is 0 Å². The van der Waals surface area contributed by atoms with Crippen molar-refractivity contribution < 1.29 is 22.8 Å². The molecule has 0 saturated carbocycles. The van der Waals surface area contributed by atoms with Crippen LogP contribution in [0.25, 0.3) is 11.0 Å². The number of imidazole rings is 1. The highest BCUT2D eigenvalue weighted by molar-refractivity contribution is 5.88. The van der Waals surface area contributed by atoms with Crippen LogP contribution in [0.1, 0.15) is 5.82 Å². The SMILES string of the molecule is CN1CCN(C(=O)Cn2c(C(F)(F)F)nc3ccccc32)C(C(=O)N(C)C)C1. The Morgan fingerprint density at radius 2 is 1.89 bits per heavy atom. The highest BCUT2D eigenvalue weighted by Gasteiger charge is 2.40. The number of carbonyl (C=O) groups is 2. The molecule has 1 saturated heterocycles. The van der Waals surface area contributed by atoms with Crippen LogP contribution in [0.5, 0.6) is 0 Å². The average Bonchev–Trinajstić information content (AvgIpc) is 3.00. The van der Waals surface area contributed by atoms with E-state index in [1.807, 2.05) is 11.9 Å². The zero-order chi connectivity index (χ0) is 20.6. The van der Waals surface area contributed by atoms with Crippen LogP contribution in [0.2, 0.25) is 0 Å². The molecule has 2 heterocycles. The van der Waals surface area contributed by atoms with Gasteiger partial charge in [0, 0.05) is 33.7 Å². The van der Waals surface area contributed by atoms with Crippen molar-refractivity contribution in [3.05, 3.63) is 30.1 Å². The number of rotatable bonds is 3. The van der Waals surface area contributed by atoms with E-state index in [2.05, 4.69) is 4.98 Å². The summed E-state index contributed by atoms with van der Waals surface area (Å²) < 4.78 is 41.3. The third kappa shape index (κ3) is 3.82. The number of carbonyl (C=O) groups excluding carboxylic acids is 2. The molecule has 2 amide bonds. The van der Waals surface area contributed by atoms with Crippen LogP contribution in [-0.4, -0.2) is 82.9 Å². The number of likely N-dealkylation sites (N-methyl/N-ethyl adjacent to an activating group) is 2. The van der Waals surface area contributed by atoms with Crippen LogP contribution >= 0.6 is 0 Å². The number of piperazine rings is 1. The molecule has 28 heavy (non-hydrogen) atoms. The number of halogens is 3. The fraction of sp³-hybridized carbons (Fsp3) is 0.500.